The van der Waals surface area contributed by atoms with E-state index in [-0.39, 0.29) is 11.6 Å². The normalized spacial score (nSPS) is 11.7. The fourth-order valence-electron chi connectivity index (χ4n) is 4.79. The molecule has 0 saturated heterocycles. The molecule has 5 rings (SSSR count). The van der Waals surface area contributed by atoms with Crippen LogP contribution in [0.4, 0.5) is 10.7 Å². The first-order chi connectivity index (χ1) is 23.6. The summed E-state index contributed by atoms with van der Waals surface area (Å²) in [6.45, 7) is 5.72. The van der Waals surface area contributed by atoms with Gasteiger partial charge >= 0.3 is 5.97 Å². The quantitative estimate of drug-likeness (QED) is 0.0730. The fraction of sp³-hybridized carbons (Fsp3) is 0.128. The maximum atomic E-state index is 13.5. The van der Waals surface area contributed by atoms with E-state index in [0.717, 1.165) is 27.1 Å². The number of hydrogen-bond donors (Lipinski definition) is 3. The molecule has 8 nitrogen and oxygen atoms in total. The number of carbonyl (C=O) groups excluding carboxylic acids is 4. The maximum Gasteiger partial charge on any atom is 0.341 e. The van der Waals surface area contributed by atoms with Gasteiger partial charge in [-0.2, -0.15) is 0 Å². The van der Waals surface area contributed by atoms with E-state index in [0.29, 0.717) is 27.4 Å². The molecule has 248 valence electrons. The summed E-state index contributed by atoms with van der Waals surface area (Å²) in [5.74, 6) is -1.75. The Morgan fingerprint density at radius 2 is 1.49 bits per heavy atom. The van der Waals surface area contributed by atoms with Crippen LogP contribution in [0.25, 0.3) is 17.2 Å². The van der Waals surface area contributed by atoms with Crippen LogP contribution in [0.1, 0.15) is 44.3 Å². The number of amides is 3. The highest BCUT2D eigenvalue weighted by atomic mass is 32.2. The first-order valence-corrected chi connectivity index (χ1v) is 17.2. The van der Waals surface area contributed by atoms with Crippen molar-refractivity contribution in [3.63, 3.8) is 0 Å². The van der Waals surface area contributed by atoms with E-state index in [4.69, 9.17) is 4.74 Å². The van der Waals surface area contributed by atoms with E-state index >= 15 is 0 Å². The number of rotatable bonds is 11. The van der Waals surface area contributed by atoms with Crippen LogP contribution < -0.4 is 16.0 Å². The molecule has 4 aromatic carbocycles. The summed E-state index contributed by atoms with van der Waals surface area (Å²) in [5, 5.41) is 10.2. The van der Waals surface area contributed by atoms with Crippen molar-refractivity contribution >= 4 is 63.6 Å². The minimum Gasteiger partial charge on any atom is -0.465 e. The van der Waals surface area contributed by atoms with Crippen LogP contribution in [0, 0.1) is 13.8 Å². The van der Waals surface area contributed by atoms with E-state index in [1.54, 1.807) is 55.5 Å². The van der Waals surface area contributed by atoms with Gasteiger partial charge in [-0.3, -0.25) is 14.4 Å². The van der Waals surface area contributed by atoms with Gasteiger partial charge in [0.25, 0.3) is 11.8 Å². The summed E-state index contributed by atoms with van der Waals surface area (Å²) in [4.78, 5) is 53.4. The summed E-state index contributed by atoms with van der Waals surface area (Å²) < 4.78 is 5.05. The number of thioether (sulfide) groups is 1. The Morgan fingerprint density at radius 3 is 2.16 bits per heavy atom. The van der Waals surface area contributed by atoms with Crippen LogP contribution in [0.15, 0.2) is 119 Å². The molecule has 49 heavy (non-hydrogen) atoms. The Labute approximate surface area is 293 Å². The molecule has 3 N–H and O–H groups in total. The molecule has 3 amide bonds. The molecule has 0 aliphatic rings. The number of ether oxygens (including phenoxy) is 1. The number of methoxy groups -OCH3 is 1. The van der Waals surface area contributed by atoms with E-state index in [1.807, 2.05) is 79.9 Å². The predicted octanol–water partition coefficient (Wildman–Crippen LogP) is 8.35. The summed E-state index contributed by atoms with van der Waals surface area (Å²) in [5.41, 5.74) is 5.73. The highest BCUT2D eigenvalue weighted by molar-refractivity contribution is 8.00. The average Bonchev–Trinajstić information content (AvgIpc) is 3.52. The molecule has 0 radical (unpaired) electrons. The first kappa shape index (κ1) is 34.9. The smallest absolute Gasteiger partial charge is 0.341 e. The molecular formula is C39H35N3O5S2. The molecule has 0 aliphatic carbocycles. The van der Waals surface area contributed by atoms with Crippen LogP contribution >= 0.6 is 23.1 Å². The van der Waals surface area contributed by atoms with Crippen molar-refractivity contribution in [3.05, 3.63) is 142 Å². The second-order valence-electron chi connectivity index (χ2n) is 11.2. The lowest BCUT2D eigenvalue weighted by atomic mass is 10.0. The zero-order valence-electron chi connectivity index (χ0n) is 27.4. The number of aryl methyl sites for hydroxylation is 2. The van der Waals surface area contributed by atoms with Crippen LogP contribution in [0.5, 0.6) is 0 Å². The summed E-state index contributed by atoms with van der Waals surface area (Å²) in [6.07, 6.45) is 1.62. The third kappa shape index (κ3) is 9.13. The van der Waals surface area contributed by atoms with Gasteiger partial charge in [-0.05, 0) is 68.3 Å². The minimum atomic E-state index is -0.552. The maximum absolute atomic E-state index is 13.5. The highest BCUT2D eigenvalue weighted by Gasteiger charge is 2.24. The number of thiophene rings is 1. The van der Waals surface area contributed by atoms with Crippen molar-refractivity contribution < 1.29 is 23.9 Å². The number of carbonyl (C=O) groups is 4. The molecule has 1 atom stereocenters. The molecule has 1 heterocycles. The van der Waals surface area contributed by atoms with Gasteiger partial charge in [-0.25, -0.2) is 4.79 Å². The molecule has 0 aliphatic heterocycles. The molecule has 0 bridgehead atoms. The van der Waals surface area contributed by atoms with Gasteiger partial charge in [0.05, 0.1) is 12.4 Å². The summed E-state index contributed by atoms with van der Waals surface area (Å²) in [7, 11) is 1.31. The molecule has 1 unspecified atom stereocenters. The second kappa shape index (κ2) is 16.1. The molecule has 10 heteroatoms. The molecule has 1 aromatic heterocycles. The Balaban J connectivity index is 1.29. The standard InChI is InChI=1S/C39H35N3O5S2/c1-24-13-17-27(18-14-24)21-33(41-36(44)29-9-6-5-7-10-29)37(45)40-30-11-8-12-31(22-30)49-26(3)35(43)42-38-34(39(46)47-4)32(23-48-38)28-19-15-25(2)16-20-28/h5-23,26H,1-4H3,(H,40,45)(H,41,44)(H,42,43)/b33-21-. The Kier molecular flexibility index (Phi) is 11.5. The lowest BCUT2D eigenvalue weighted by Crippen LogP contribution is -2.30. The monoisotopic (exact) mass is 689 g/mol. The lowest BCUT2D eigenvalue weighted by molar-refractivity contribution is -0.115. The molecule has 0 saturated carbocycles. The fourth-order valence-corrected chi connectivity index (χ4v) is 6.68. The van der Waals surface area contributed by atoms with Crippen molar-refractivity contribution in [2.45, 2.75) is 30.9 Å². The zero-order chi connectivity index (χ0) is 34.9. The van der Waals surface area contributed by atoms with Crippen LogP contribution in [-0.4, -0.2) is 36.1 Å². The van der Waals surface area contributed by atoms with Gasteiger partial charge in [0.15, 0.2) is 0 Å². The lowest BCUT2D eigenvalue weighted by Gasteiger charge is -2.14. The van der Waals surface area contributed by atoms with Crippen LogP contribution in [0.2, 0.25) is 0 Å². The largest absolute Gasteiger partial charge is 0.465 e. The number of benzene rings is 4. The van der Waals surface area contributed by atoms with Gasteiger partial charge in [-0.1, -0.05) is 83.9 Å². The van der Waals surface area contributed by atoms with Gasteiger partial charge in [0, 0.05) is 27.1 Å². The summed E-state index contributed by atoms with van der Waals surface area (Å²) in [6, 6.07) is 31.1. The highest BCUT2D eigenvalue weighted by Crippen LogP contribution is 2.37. The van der Waals surface area contributed by atoms with E-state index < -0.39 is 23.0 Å². The van der Waals surface area contributed by atoms with Crippen LogP contribution in [0.3, 0.4) is 0 Å². The van der Waals surface area contributed by atoms with Gasteiger partial charge in [0.1, 0.15) is 16.3 Å². The third-order valence-electron chi connectivity index (χ3n) is 7.47. The van der Waals surface area contributed by atoms with Gasteiger partial charge in [-0.15, -0.1) is 23.1 Å². The Hall–Kier alpha value is -5.45. The van der Waals surface area contributed by atoms with Crippen molar-refractivity contribution in [1.82, 2.24) is 5.32 Å². The second-order valence-corrected chi connectivity index (χ2v) is 13.5. The zero-order valence-corrected chi connectivity index (χ0v) is 29.0. The van der Waals surface area contributed by atoms with Gasteiger partial charge < -0.3 is 20.7 Å². The number of nitrogens with one attached hydrogen (secondary N) is 3. The number of hydrogen-bond acceptors (Lipinski definition) is 7. The van der Waals surface area contributed by atoms with E-state index in [1.165, 1.54) is 30.2 Å². The number of anilines is 2. The van der Waals surface area contributed by atoms with Crippen molar-refractivity contribution in [2.75, 3.05) is 17.7 Å². The topological polar surface area (TPSA) is 114 Å². The Bertz CT molecular complexity index is 2000. The molecule has 5 aromatic rings. The molecule has 0 fully saturated rings. The number of esters is 1. The Morgan fingerprint density at radius 1 is 0.816 bits per heavy atom. The van der Waals surface area contributed by atoms with E-state index in [9.17, 15) is 19.2 Å². The van der Waals surface area contributed by atoms with Crippen molar-refractivity contribution in [1.29, 1.82) is 0 Å². The minimum absolute atomic E-state index is 0.0749. The van der Waals surface area contributed by atoms with Gasteiger partial charge in [0.2, 0.25) is 5.91 Å². The SMILES string of the molecule is COC(=O)c1c(-c2ccc(C)cc2)csc1NC(=O)C(C)Sc1cccc(NC(=O)/C(=C/c2ccc(C)cc2)NC(=O)c2ccccc2)c1. The molecular weight excluding hydrogens is 655 g/mol. The van der Waals surface area contributed by atoms with Crippen molar-refractivity contribution in [2.24, 2.45) is 0 Å². The first-order valence-electron chi connectivity index (χ1n) is 15.4. The predicted molar refractivity (Wildman–Crippen MR) is 198 cm³/mol. The van der Waals surface area contributed by atoms with Crippen LogP contribution in [-0.2, 0) is 14.3 Å². The average molecular weight is 690 g/mol. The summed E-state index contributed by atoms with van der Waals surface area (Å²) >= 11 is 2.56. The molecule has 0 spiro atoms. The van der Waals surface area contributed by atoms with Crippen molar-refractivity contribution in [3.8, 4) is 11.1 Å². The van der Waals surface area contributed by atoms with E-state index in [2.05, 4.69) is 16.0 Å². The third-order valence-corrected chi connectivity index (χ3v) is 9.46.